The summed E-state index contributed by atoms with van der Waals surface area (Å²) >= 11 is 6.35. The Balaban J connectivity index is 1.46. The third-order valence-electron chi connectivity index (χ3n) is 5.45. The molecule has 0 radical (unpaired) electrons. The predicted octanol–water partition coefficient (Wildman–Crippen LogP) is 3.54. The zero-order valence-electron chi connectivity index (χ0n) is 17.0. The lowest BCUT2D eigenvalue weighted by atomic mass is 9.99. The highest BCUT2D eigenvalue weighted by Gasteiger charge is 2.23. The van der Waals surface area contributed by atoms with Crippen molar-refractivity contribution in [1.29, 1.82) is 0 Å². The van der Waals surface area contributed by atoms with Crippen LogP contribution in [0.1, 0.15) is 12.8 Å². The minimum Gasteiger partial charge on any atom is -0.493 e. The van der Waals surface area contributed by atoms with Crippen LogP contribution in [0.3, 0.4) is 0 Å². The van der Waals surface area contributed by atoms with E-state index in [9.17, 15) is 0 Å². The lowest BCUT2D eigenvalue weighted by molar-refractivity contribution is 0.171. The summed E-state index contributed by atoms with van der Waals surface area (Å²) in [6.07, 6.45) is 5.21. The number of pyridine rings is 1. The van der Waals surface area contributed by atoms with Gasteiger partial charge in [0.15, 0.2) is 11.5 Å². The highest BCUT2D eigenvalue weighted by Crippen LogP contribution is 2.44. The first-order valence-electron chi connectivity index (χ1n) is 10.1. The summed E-state index contributed by atoms with van der Waals surface area (Å²) in [5.41, 5.74) is 1.26. The van der Waals surface area contributed by atoms with Gasteiger partial charge >= 0.3 is 0 Å². The maximum Gasteiger partial charge on any atom is 0.262 e. The van der Waals surface area contributed by atoms with E-state index in [1.54, 1.807) is 7.11 Å². The molecular formula is C21H22ClN5O4. The fourth-order valence-corrected chi connectivity index (χ4v) is 3.94. The van der Waals surface area contributed by atoms with E-state index in [-0.39, 0.29) is 6.79 Å². The van der Waals surface area contributed by atoms with Crippen LogP contribution < -0.4 is 29.6 Å². The molecule has 0 atom stereocenters. The van der Waals surface area contributed by atoms with Gasteiger partial charge in [-0.2, -0.15) is 0 Å². The summed E-state index contributed by atoms with van der Waals surface area (Å²) in [5.74, 6) is 3.20. The van der Waals surface area contributed by atoms with E-state index in [0.29, 0.717) is 52.2 Å². The zero-order valence-corrected chi connectivity index (χ0v) is 17.7. The lowest BCUT2D eigenvalue weighted by Gasteiger charge is -2.23. The quantitative estimate of drug-likeness (QED) is 0.592. The Morgan fingerprint density at radius 2 is 2.03 bits per heavy atom. The number of nitrogens with zero attached hydrogens (tertiary/aromatic N) is 3. The Labute approximate surface area is 184 Å². The van der Waals surface area contributed by atoms with Crippen LogP contribution in [0, 0.1) is 5.92 Å². The molecule has 3 aromatic rings. The number of rotatable bonds is 6. The van der Waals surface area contributed by atoms with Crippen molar-refractivity contribution in [3.63, 3.8) is 0 Å². The standard InChI is InChI=1S/C21H22ClN5O4/c1-28-16-6-13-15(7-17(16)29-9-12-2-4-23-5-3-12)25-10-26-20(13)27-18-14(22)8-24-21-19(18)30-11-31-21/h6-8,10,12,23H,2-5,9,11H2,1H3,(H,24,25,26,27). The number of hydrogen-bond donors (Lipinski definition) is 2. The summed E-state index contributed by atoms with van der Waals surface area (Å²) < 4.78 is 22.6. The van der Waals surface area contributed by atoms with Gasteiger partial charge in [0.05, 0.1) is 30.5 Å². The smallest absolute Gasteiger partial charge is 0.262 e. The summed E-state index contributed by atoms with van der Waals surface area (Å²) in [7, 11) is 1.62. The molecule has 0 amide bonds. The van der Waals surface area contributed by atoms with E-state index < -0.39 is 0 Å². The molecule has 0 spiro atoms. The lowest BCUT2D eigenvalue weighted by Crippen LogP contribution is -2.30. The predicted molar refractivity (Wildman–Crippen MR) is 116 cm³/mol. The van der Waals surface area contributed by atoms with Crippen molar-refractivity contribution in [2.75, 3.05) is 38.9 Å². The summed E-state index contributed by atoms with van der Waals surface area (Å²) in [5, 5.41) is 7.76. The highest BCUT2D eigenvalue weighted by atomic mass is 35.5. The largest absolute Gasteiger partial charge is 0.493 e. The van der Waals surface area contributed by atoms with Gasteiger partial charge in [-0.3, -0.25) is 0 Å². The van der Waals surface area contributed by atoms with E-state index in [2.05, 4.69) is 25.6 Å². The maximum absolute atomic E-state index is 6.35. The first-order valence-corrected chi connectivity index (χ1v) is 10.5. The molecule has 0 aliphatic carbocycles. The van der Waals surface area contributed by atoms with Gasteiger partial charge in [0, 0.05) is 11.5 Å². The summed E-state index contributed by atoms with van der Waals surface area (Å²) in [4.78, 5) is 12.9. The Morgan fingerprint density at radius 3 is 2.87 bits per heavy atom. The van der Waals surface area contributed by atoms with E-state index in [4.69, 9.17) is 30.5 Å². The monoisotopic (exact) mass is 443 g/mol. The van der Waals surface area contributed by atoms with E-state index in [1.165, 1.54) is 12.5 Å². The average Bonchev–Trinajstić information content (AvgIpc) is 3.29. The molecule has 2 N–H and O–H groups in total. The first-order chi connectivity index (χ1) is 15.2. The number of fused-ring (bicyclic) bond motifs is 2. The van der Waals surface area contributed by atoms with Crippen molar-refractivity contribution in [3.8, 4) is 23.1 Å². The molecule has 1 fully saturated rings. The second-order valence-corrected chi connectivity index (χ2v) is 7.80. The number of hydrogen-bond acceptors (Lipinski definition) is 9. The number of aromatic nitrogens is 3. The molecule has 1 saturated heterocycles. The van der Waals surface area contributed by atoms with Gasteiger partial charge in [0.1, 0.15) is 17.8 Å². The Hall–Kier alpha value is -3.04. The number of methoxy groups -OCH3 is 1. The van der Waals surface area contributed by atoms with Gasteiger partial charge < -0.3 is 29.6 Å². The minimum atomic E-state index is 0.0907. The van der Waals surface area contributed by atoms with Gasteiger partial charge in [-0.25, -0.2) is 15.0 Å². The molecule has 5 rings (SSSR count). The Kier molecular flexibility index (Phi) is 5.52. The second kappa shape index (κ2) is 8.60. The second-order valence-electron chi connectivity index (χ2n) is 7.39. The number of nitrogens with one attached hydrogen (secondary N) is 2. The minimum absolute atomic E-state index is 0.0907. The molecule has 10 heteroatoms. The van der Waals surface area contributed by atoms with Crippen molar-refractivity contribution < 1.29 is 18.9 Å². The molecule has 162 valence electrons. The van der Waals surface area contributed by atoms with Crippen LogP contribution >= 0.6 is 11.6 Å². The van der Waals surface area contributed by atoms with Crippen LogP contribution in [-0.2, 0) is 0 Å². The van der Waals surface area contributed by atoms with E-state index >= 15 is 0 Å². The molecule has 0 saturated carbocycles. The van der Waals surface area contributed by atoms with Crippen LogP contribution in [0.4, 0.5) is 11.5 Å². The molecule has 0 unspecified atom stereocenters. The highest BCUT2D eigenvalue weighted by molar-refractivity contribution is 6.33. The molecule has 2 aromatic heterocycles. The van der Waals surface area contributed by atoms with Crippen molar-refractivity contribution in [3.05, 3.63) is 29.7 Å². The molecule has 2 aliphatic heterocycles. The number of anilines is 2. The molecule has 4 heterocycles. The summed E-state index contributed by atoms with van der Waals surface area (Å²) in [6, 6.07) is 3.74. The zero-order chi connectivity index (χ0) is 21.2. The van der Waals surface area contributed by atoms with Crippen molar-refractivity contribution >= 4 is 34.0 Å². The van der Waals surface area contributed by atoms with Crippen LogP contribution in [0.5, 0.6) is 23.1 Å². The third kappa shape index (κ3) is 3.98. The fourth-order valence-electron chi connectivity index (χ4n) is 3.76. The molecule has 2 aliphatic rings. The van der Waals surface area contributed by atoms with Crippen LogP contribution in [0.15, 0.2) is 24.7 Å². The fraction of sp³-hybridized carbons (Fsp3) is 0.381. The van der Waals surface area contributed by atoms with Gasteiger partial charge in [-0.05, 0) is 37.9 Å². The van der Waals surface area contributed by atoms with Crippen molar-refractivity contribution in [1.82, 2.24) is 20.3 Å². The first kappa shape index (κ1) is 19.9. The number of benzene rings is 1. The summed E-state index contributed by atoms with van der Waals surface area (Å²) in [6.45, 7) is 2.80. The molecular weight excluding hydrogens is 422 g/mol. The molecule has 31 heavy (non-hydrogen) atoms. The topological polar surface area (TPSA) is 99.7 Å². The van der Waals surface area contributed by atoms with Gasteiger partial charge in [0.2, 0.25) is 12.5 Å². The number of ether oxygens (including phenoxy) is 4. The van der Waals surface area contributed by atoms with Crippen molar-refractivity contribution in [2.45, 2.75) is 12.8 Å². The van der Waals surface area contributed by atoms with E-state index in [0.717, 1.165) is 36.8 Å². The molecule has 9 nitrogen and oxygen atoms in total. The molecule has 0 bridgehead atoms. The third-order valence-corrected chi connectivity index (χ3v) is 5.74. The average molecular weight is 444 g/mol. The normalized spacial score (nSPS) is 15.8. The maximum atomic E-state index is 6.35. The van der Waals surface area contributed by atoms with Gasteiger partial charge in [-0.15, -0.1) is 0 Å². The van der Waals surface area contributed by atoms with Crippen LogP contribution in [0.2, 0.25) is 5.02 Å². The Bertz CT molecular complexity index is 1110. The Morgan fingerprint density at radius 1 is 1.16 bits per heavy atom. The molecule has 1 aromatic carbocycles. The SMILES string of the molecule is COc1cc2c(Nc3c(Cl)cnc4c3OCO4)ncnc2cc1OCC1CCNCC1. The van der Waals surface area contributed by atoms with Crippen molar-refractivity contribution in [2.24, 2.45) is 5.92 Å². The van der Waals surface area contributed by atoms with Gasteiger partial charge in [-0.1, -0.05) is 11.6 Å². The van der Waals surface area contributed by atoms with Gasteiger partial charge in [0.25, 0.3) is 5.88 Å². The van der Waals surface area contributed by atoms with Crippen LogP contribution in [0.25, 0.3) is 10.9 Å². The van der Waals surface area contributed by atoms with Crippen LogP contribution in [-0.4, -0.2) is 48.6 Å². The van der Waals surface area contributed by atoms with E-state index in [1.807, 2.05) is 12.1 Å². The number of piperidine rings is 1. The number of halogens is 1.